The van der Waals surface area contributed by atoms with Crippen LogP contribution in [0.2, 0.25) is 0 Å². The van der Waals surface area contributed by atoms with Crippen molar-refractivity contribution in [2.75, 3.05) is 0 Å². The zero-order chi connectivity index (χ0) is 10.8. The van der Waals surface area contributed by atoms with E-state index in [1.54, 1.807) is 0 Å². The van der Waals surface area contributed by atoms with E-state index in [9.17, 15) is 5.11 Å². The van der Waals surface area contributed by atoms with Gasteiger partial charge in [0.15, 0.2) is 0 Å². The van der Waals surface area contributed by atoms with E-state index in [0.29, 0.717) is 6.42 Å². The van der Waals surface area contributed by atoms with Crippen molar-refractivity contribution in [2.45, 2.75) is 32.9 Å². The van der Waals surface area contributed by atoms with E-state index >= 15 is 0 Å². The fourth-order valence-electron chi connectivity index (χ4n) is 1.86. The molecule has 0 saturated carbocycles. The molecule has 15 heavy (non-hydrogen) atoms. The smallest absolute Gasteiger partial charge is 0.138 e. The number of benzene rings is 1. The molecule has 1 unspecified atom stereocenters. The van der Waals surface area contributed by atoms with Gasteiger partial charge in [-0.05, 0) is 25.5 Å². The summed E-state index contributed by atoms with van der Waals surface area (Å²) in [6.07, 6.45) is 0.237. The summed E-state index contributed by atoms with van der Waals surface area (Å²) >= 11 is 0. The molecule has 3 heteroatoms. The Bertz CT molecular complexity index is 462. The van der Waals surface area contributed by atoms with Crippen LogP contribution in [0.25, 0.3) is 11.0 Å². The summed E-state index contributed by atoms with van der Waals surface area (Å²) in [6, 6.07) is 7.99. The summed E-state index contributed by atoms with van der Waals surface area (Å²) < 4.78 is 2.07. The molecule has 0 saturated heterocycles. The molecule has 2 rings (SSSR count). The first-order valence-corrected chi connectivity index (χ1v) is 5.41. The average Bonchev–Trinajstić information content (AvgIpc) is 2.66. The second-order valence-corrected chi connectivity index (χ2v) is 3.63. The fourth-order valence-corrected chi connectivity index (χ4v) is 1.86. The lowest BCUT2D eigenvalue weighted by Crippen LogP contribution is -2.06. The molecular weight excluding hydrogens is 188 g/mol. The molecule has 0 aliphatic carbocycles. The molecule has 0 aliphatic heterocycles. The van der Waals surface area contributed by atoms with Gasteiger partial charge in [0.25, 0.3) is 0 Å². The van der Waals surface area contributed by atoms with Crippen molar-refractivity contribution in [1.29, 1.82) is 0 Å². The number of hydrogen-bond acceptors (Lipinski definition) is 2. The highest BCUT2D eigenvalue weighted by Gasteiger charge is 2.14. The first-order valence-electron chi connectivity index (χ1n) is 5.41. The van der Waals surface area contributed by atoms with Gasteiger partial charge in [-0.2, -0.15) is 0 Å². The van der Waals surface area contributed by atoms with E-state index in [-0.39, 0.29) is 0 Å². The summed E-state index contributed by atoms with van der Waals surface area (Å²) in [4.78, 5) is 4.47. The van der Waals surface area contributed by atoms with Crippen molar-refractivity contribution in [2.24, 2.45) is 0 Å². The van der Waals surface area contributed by atoms with Gasteiger partial charge in [0.05, 0.1) is 11.0 Å². The maximum absolute atomic E-state index is 9.86. The summed E-state index contributed by atoms with van der Waals surface area (Å²) in [5.41, 5.74) is 2.06. The minimum atomic E-state index is -0.461. The van der Waals surface area contributed by atoms with Gasteiger partial charge >= 0.3 is 0 Å². The van der Waals surface area contributed by atoms with Crippen molar-refractivity contribution >= 4 is 11.0 Å². The number of imidazole rings is 1. The lowest BCUT2D eigenvalue weighted by molar-refractivity contribution is 0.160. The maximum Gasteiger partial charge on any atom is 0.138 e. The van der Waals surface area contributed by atoms with Gasteiger partial charge in [0.2, 0.25) is 0 Å². The summed E-state index contributed by atoms with van der Waals surface area (Å²) in [5, 5.41) is 9.86. The average molecular weight is 204 g/mol. The van der Waals surface area contributed by atoms with Crippen LogP contribution in [0.3, 0.4) is 0 Å². The van der Waals surface area contributed by atoms with Gasteiger partial charge in [0, 0.05) is 6.54 Å². The molecule has 80 valence electrons. The largest absolute Gasteiger partial charge is 0.385 e. The van der Waals surface area contributed by atoms with E-state index in [0.717, 1.165) is 23.4 Å². The van der Waals surface area contributed by atoms with Gasteiger partial charge in [-0.15, -0.1) is 0 Å². The number of aliphatic hydroxyl groups excluding tert-OH is 1. The number of aromatic nitrogens is 2. The molecular formula is C12H16N2O. The zero-order valence-corrected chi connectivity index (χ0v) is 9.14. The van der Waals surface area contributed by atoms with Crippen LogP contribution in [0.5, 0.6) is 0 Å². The first kappa shape index (κ1) is 10.2. The molecule has 1 N–H and O–H groups in total. The van der Waals surface area contributed by atoms with Crippen LogP contribution in [0, 0.1) is 0 Å². The van der Waals surface area contributed by atoms with Crippen molar-refractivity contribution in [3.63, 3.8) is 0 Å². The van der Waals surface area contributed by atoms with Crippen molar-refractivity contribution < 1.29 is 5.11 Å². The second kappa shape index (κ2) is 4.03. The van der Waals surface area contributed by atoms with Gasteiger partial charge in [-0.1, -0.05) is 19.1 Å². The van der Waals surface area contributed by atoms with Crippen LogP contribution in [0.15, 0.2) is 24.3 Å². The number of fused-ring (bicyclic) bond motifs is 1. The Morgan fingerprint density at radius 3 is 2.73 bits per heavy atom. The number of aliphatic hydroxyl groups is 1. The molecule has 3 nitrogen and oxygen atoms in total. The predicted molar refractivity (Wildman–Crippen MR) is 60.7 cm³/mol. The summed E-state index contributed by atoms with van der Waals surface area (Å²) in [7, 11) is 0. The number of aryl methyl sites for hydroxylation is 1. The van der Waals surface area contributed by atoms with Crippen LogP contribution in [0.1, 0.15) is 32.2 Å². The Labute approximate surface area is 89.4 Å². The number of nitrogens with zero attached hydrogens (tertiary/aromatic N) is 2. The van der Waals surface area contributed by atoms with Gasteiger partial charge in [-0.3, -0.25) is 0 Å². The standard InChI is InChI=1S/C12H16N2O/c1-3-11(15)12-13-9-7-5-6-8-10(9)14(12)4-2/h5-8,11,15H,3-4H2,1-2H3. The highest BCUT2D eigenvalue weighted by molar-refractivity contribution is 5.75. The predicted octanol–water partition coefficient (Wildman–Crippen LogP) is 2.50. The van der Waals surface area contributed by atoms with Crippen LogP contribution >= 0.6 is 0 Å². The van der Waals surface area contributed by atoms with E-state index in [1.165, 1.54) is 0 Å². The number of hydrogen-bond donors (Lipinski definition) is 1. The van der Waals surface area contributed by atoms with Gasteiger partial charge < -0.3 is 9.67 Å². The fraction of sp³-hybridized carbons (Fsp3) is 0.417. The van der Waals surface area contributed by atoms with Crippen LogP contribution in [-0.4, -0.2) is 14.7 Å². The molecule has 1 aromatic carbocycles. The quantitative estimate of drug-likeness (QED) is 0.834. The molecule has 0 amide bonds. The molecule has 2 aromatic rings. The van der Waals surface area contributed by atoms with Crippen LogP contribution < -0.4 is 0 Å². The van der Waals surface area contributed by atoms with Crippen LogP contribution in [0.4, 0.5) is 0 Å². The number of para-hydroxylation sites is 2. The molecule has 1 aromatic heterocycles. The van der Waals surface area contributed by atoms with Crippen molar-refractivity contribution in [1.82, 2.24) is 9.55 Å². The highest BCUT2D eigenvalue weighted by atomic mass is 16.3. The van der Waals surface area contributed by atoms with Gasteiger partial charge in [0.1, 0.15) is 11.9 Å². The molecule has 1 atom stereocenters. The summed E-state index contributed by atoms with van der Waals surface area (Å²) in [6.45, 7) is 4.87. The highest BCUT2D eigenvalue weighted by Crippen LogP contribution is 2.22. The minimum absolute atomic E-state index is 0.461. The Hall–Kier alpha value is -1.35. The molecule has 0 radical (unpaired) electrons. The summed E-state index contributed by atoms with van der Waals surface area (Å²) in [5.74, 6) is 0.779. The lowest BCUT2D eigenvalue weighted by atomic mass is 10.2. The molecule has 0 fully saturated rings. The van der Waals surface area contributed by atoms with E-state index < -0.39 is 6.10 Å². The minimum Gasteiger partial charge on any atom is -0.385 e. The normalized spacial score (nSPS) is 13.3. The topological polar surface area (TPSA) is 38.1 Å². The second-order valence-electron chi connectivity index (χ2n) is 3.63. The first-order chi connectivity index (χ1) is 7.27. The Morgan fingerprint density at radius 2 is 2.07 bits per heavy atom. The van der Waals surface area contributed by atoms with Gasteiger partial charge in [-0.25, -0.2) is 4.98 Å². The van der Waals surface area contributed by atoms with Crippen molar-refractivity contribution in [3.05, 3.63) is 30.1 Å². The van der Waals surface area contributed by atoms with Crippen LogP contribution in [-0.2, 0) is 6.54 Å². The Kier molecular flexibility index (Phi) is 2.73. The van der Waals surface area contributed by atoms with E-state index in [2.05, 4.69) is 16.5 Å². The third kappa shape index (κ3) is 1.63. The lowest BCUT2D eigenvalue weighted by Gasteiger charge is -2.09. The van der Waals surface area contributed by atoms with E-state index in [1.807, 2.05) is 31.2 Å². The zero-order valence-electron chi connectivity index (χ0n) is 9.14. The Balaban J connectivity index is 2.63. The Morgan fingerprint density at radius 1 is 1.33 bits per heavy atom. The van der Waals surface area contributed by atoms with Crippen molar-refractivity contribution in [3.8, 4) is 0 Å². The monoisotopic (exact) mass is 204 g/mol. The van der Waals surface area contributed by atoms with E-state index in [4.69, 9.17) is 0 Å². The molecule has 0 spiro atoms. The molecule has 1 heterocycles. The third-order valence-corrected chi connectivity index (χ3v) is 2.69. The third-order valence-electron chi connectivity index (χ3n) is 2.69. The maximum atomic E-state index is 9.86. The molecule has 0 bridgehead atoms. The number of rotatable bonds is 3. The SMILES string of the molecule is CCC(O)c1nc2ccccc2n1CC. The molecule has 0 aliphatic rings.